The summed E-state index contributed by atoms with van der Waals surface area (Å²) in [5.74, 6) is -0.139. The van der Waals surface area contributed by atoms with Gasteiger partial charge in [-0.1, -0.05) is 18.0 Å². The van der Waals surface area contributed by atoms with Gasteiger partial charge in [0.05, 0.1) is 4.92 Å². The highest BCUT2D eigenvalue weighted by molar-refractivity contribution is 6.33. The summed E-state index contributed by atoms with van der Waals surface area (Å²) in [7, 11) is 0. The summed E-state index contributed by atoms with van der Waals surface area (Å²) in [6.45, 7) is 0.501. The molecule has 0 spiro atoms. The molecule has 0 atom stereocenters. The average Bonchev–Trinajstić information content (AvgIpc) is 2.33. The Balaban J connectivity index is 2.01. The first-order valence-corrected chi connectivity index (χ1v) is 6.77. The quantitative estimate of drug-likeness (QED) is 0.645. The summed E-state index contributed by atoms with van der Waals surface area (Å²) in [4.78, 5) is 22.1. The van der Waals surface area contributed by atoms with Crippen molar-refractivity contribution in [3.8, 4) is 0 Å². The molecule has 0 radical (unpaired) electrons. The van der Waals surface area contributed by atoms with Crippen LogP contribution in [0.25, 0.3) is 0 Å². The Morgan fingerprint density at radius 3 is 2.65 bits per heavy atom. The number of amides is 1. The fraction of sp³-hybridized carbons (Fsp3) is 0.462. The standard InChI is InChI=1S/C13H16ClN3O3/c14-10-6-9(2-3-11(10)17(19)20)16-12(18)7-13(8-15)4-1-5-13/h2-3,6H,1,4-5,7-8,15H2,(H,16,18). The molecule has 2 rings (SSSR count). The number of carbonyl (C=O) groups is 1. The van der Waals surface area contributed by atoms with Crippen molar-refractivity contribution in [3.05, 3.63) is 33.3 Å². The van der Waals surface area contributed by atoms with Gasteiger partial charge in [0.2, 0.25) is 5.91 Å². The largest absolute Gasteiger partial charge is 0.330 e. The maximum absolute atomic E-state index is 12.0. The maximum Gasteiger partial charge on any atom is 0.288 e. The van der Waals surface area contributed by atoms with Gasteiger partial charge in [-0.15, -0.1) is 0 Å². The van der Waals surface area contributed by atoms with Crippen molar-refractivity contribution in [1.82, 2.24) is 0 Å². The zero-order valence-corrected chi connectivity index (χ0v) is 11.7. The van der Waals surface area contributed by atoms with Gasteiger partial charge in [0.1, 0.15) is 5.02 Å². The first kappa shape index (κ1) is 14.7. The van der Waals surface area contributed by atoms with Crippen LogP contribution in [0.3, 0.4) is 0 Å². The Hall–Kier alpha value is -1.66. The number of nitro groups is 1. The van der Waals surface area contributed by atoms with Crippen LogP contribution in [-0.4, -0.2) is 17.4 Å². The highest BCUT2D eigenvalue weighted by atomic mass is 35.5. The van der Waals surface area contributed by atoms with E-state index in [1.165, 1.54) is 18.2 Å². The zero-order chi connectivity index (χ0) is 14.8. The van der Waals surface area contributed by atoms with Crippen LogP contribution < -0.4 is 11.1 Å². The third-order valence-corrected chi connectivity index (χ3v) is 4.11. The molecule has 7 heteroatoms. The van der Waals surface area contributed by atoms with Crippen LogP contribution in [-0.2, 0) is 4.79 Å². The zero-order valence-electron chi connectivity index (χ0n) is 10.9. The second-order valence-corrected chi connectivity index (χ2v) is 5.61. The highest BCUT2D eigenvalue weighted by Crippen LogP contribution is 2.43. The number of nitrogens with zero attached hydrogens (tertiary/aromatic N) is 1. The lowest BCUT2D eigenvalue weighted by atomic mass is 9.66. The van der Waals surface area contributed by atoms with Gasteiger partial charge in [0, 0.05) is 18.2 Å². The molecule has 1 aromatic carbocycles. The van der Waals surface area contributed by atoms with Crippen LogP contribution in [0.1, 0.15) is 25.7 Å². The Labute approximate surface area is 121 Å². The van der Waals surface area contributed by atoms with Crippen molar-refractivity contribution >= 4 is 28.9 Å². The van der Waals surface area contributed by atoms with Crippen LogP contribution in [0.15, 0.2) is 18.2 Å². The molecule has 1 aliphatic rings. The van der Waals surface area contributed by atoms with E-state index in [0.717, 1.165) is 19.3 Å². The van der Waals surface area contributed by atoms with E-state index in [4.69, 9.17) is 17.3 Å². The molecular weight excluding hydrogens is 282 g/mol. The second-order valence-electron chi connectivity index (χ2n) is 5.21. The molecule has 1 fully saturated rings. The van der Waals surface area contributed by atoms with Crippen molar-refractivity contribution in [2.75, 3.05) is 11.9 Å². The van der Waals surface area contributed by atoms with Crippen LogP contribution in [0, 0.1) is 15.5 Å². The number of nitrogens with two attached hydrogens (primary N) is 1. The molecule has 1 aromatic rings. The van der Waals surface area contributed by atoms with Crippen LogP contribution >= 0.6 is 11.6 Å². The molecule has 20 heavy (non-hydrogen) atoms. The number of carbonyl (C=O) groups excluding carboxylic acids is 1. The summed E-state index contributed by atoms with van der Waals surface area (Å²) in [5, 5.41) is 13.4. The van der Waals surface area contributed by atoms with Crippen LogP contribution in [0.2, 0.25) is 5.02 Å². The molecule has 0 aliphatic heterocycles. The van der Waals surface area contributed by atoms with E-state index < -0.39 is 4.92 Å². The Kier molecular flexibility index (Phi) is 4.25. The van der Waals surface area contributed by atoms with E-state index in [2.05, 4.69) is 5.32 Å². The van der Waals surface area contributed by atoms with Crippen molar-refractivity contribution in [1.29, 1.82) is 0 Å². The van der Waals surface area contributed by atoms with E-state index >= 15 is 0 Å². The molecule has 1 saturated carbocycles. The molecule has 0 bridgehead atoms. The van der Waals surface area contributed by atoms with Crippen molar-refractivity contribution in [2.45, 2.75) is 25.7 Å². The predicted octanol–water partition coefficient (Wildman–Crippen LogP) is 2.71. The Morgan fingerprint density at radius 1 is 1.50 bits per heavy atom. The van der Waals surface area contributed by atoms with E-state index in [1.54, 1.807) is 0 Å². The lowest BCUT2D eigenvalue weighted by Crippen LogP contribution is -2.40. The van der Waals surface area contributed by atoms with Gasteiger partial charge in [0.25, 0.3) is 5.69 Å². The third-order valence-electron chi connectivity index (χ3n) is 3.81. The predicted molar refractivity (Wildman–Crippen MR) is 76.7 cm³/mol. The number of hydrogen-bond donors (Lipinski definition) is 2. The SMILES string of the molecule is NCC1(CC(=O)Nc2ccc([N+](=O)[O-])c(Cl)c2)CCC1. The van der Waals surface area contributed by atoms with Gasteiger partial charge >= 0.3 is 0 Å². The molecule has 0 aromatic heterocycles. The van der Waals surface area contributed by atoms with Crippen LogP contribution in [0.4, 0.5) is 11.4 Å². The van der Waals surface area contributed by atoms with Gasteiger partial charge in [-0.25, -0.2) is 0 Å². The van der Waals surface area contributed by atoms with Gasteiger partial charge in [-0.2, -0.15) is 0 Å². The molecule has 0 saturated heterocycles. The highest BCUT2D eigenvalue weighted by Gasteiger charge is 2.37. The molecule has 108 valence electrons. The lowest BCUT2D eigenvalue weighted by molar-refractivity contribution is -0.384. The number of nitrogens with one attached hydrogen (secondary N) is 1. The maximum atomic E-state index is 12.0. The summed E-state index contributed by atoms with van der Waals surface area (Å²) in [5.41, 5.74) is 5.91. The minimum Gasteiger partial charge on any atom is -0.330 e. The second kappa shape index (κ2) is 5.76. The Morgan fingerprint density at radius 2 is 2.20 bits per heavy atom. The molecule has 3 N–H and O–H groups in total. The minimum atomic E-state index is -0.564. The van der Waals surface area contributed by atoms with E-state index in [9.17, 15) is 14.9 Å². The number of halogens is 1. The number of hydrogen-bond acceptors (Lipinski definition) is 4. The number of rotatable bonds is 5. The van der Waals surface area contributed by atoms with Crippen molar-refractivity contribution in [3.63, 3.8) is 0 Å². The fourth-order valence-corrected chi connectivity index (χ4v) is 2.66. The van der Waals surface area contributed by atoms with Gasteiger partial charge in [0.15, 0.2) is 0 Å². The van der Waals surface area contributed by atoms with Gasteiger partial charge < -0.3 is 11.1 Å². The molecule has 1 aliphatic carbocycles. The molecule has 0 unspecified atom stereocenters. The van der Waals surface area contributed by atoms with Crippen molar-refractivity contribution in [2.24, 2.45) is 11.1 Å². The number of anilines is 1. The van der Waals surface area contributed by atoms with Gasteiger partial charge in [-0.05, 0) is 36.9 Å². The monoisotopic (exact) mass is 297 g/mol. The summed E-state index contributed by atoms with van der Waals surface area (Å²) >= 11 is 5.79. The average molecular weight is 298 g/mol. The van der Waals surface area contributed by atoms with E-state index in [-0.39, 0.29) is 22.0 Å². The summed E-state index contributed by atoms with van der Waals surface area (Å²) in [6, 6.07) is 4.13. The van der Waals surface area contributed by atoms with E-state index in [1.807, 2.05) is 0 Å². The molecule has 1 amide bonds. The molecule has 0 heterocycles. The fourth-order valence-electron chi connectivity index (χ4n) is 2.41. The summed E-state index contributed by atoms with van der Waals surface area (Å²) < 4.78 is 0. The first-order chi connectivity index (χ1) is 9.46. The first-order valence-electron chi connectivity index (χ1n) is 6.40. The summed E-state index contributed by atoms with van der Waals surface area (Å²) in [6.07, 6.45) is 3.42. The normalized spacial score (nSPS) is 16.3. The molecular formula is C13H16ClN3O3. The van der Waals surface area contributed by atoms with Crippen molar-refractivity contribution < 1.29 is 9.72 Å². The topological polar surface area (TPSA) is 98.3 Å². The lowest BCUT2D eigenvalue weighted by Gasteiger charge is -2.40. The molecule has 6 nitrogen and oxygen atoms in total. The Bertz CT molecular complexity index is 538. The minimum absolute atomic E-state index is 0.00461. The van der Waals surface area contributed by atoms with Crippen LogP contribution in [0.5, 0.6) is 0 Å². The number of benzene rings is 1. The third kappa shape index (κ3) is 3.08. The smallest absolute Gasteiger partial charge is 0.288 e. The van der Waals surface area contributed by atoms with E-state index in [0.29, 0.717) is 18.7 Å². The number of nitro benzene ring substituents is 1. The van der Waals surface area contributed by atoms with Gasteiger partial charge in [-0.3, -0.25) is 14.9 Å².